The molecule has 0 unspecified atom stereocenters. The van der Waals surface area contributed by atoms with Gasteiger partial charge in [-0.15, -0.1) is 11.8 Å². The van der Waals surface area contributed by atoms with E-state index in [1.807, 2.05) is 13.8 Å². The zero-order chi connectivity index (χ0) is 13.7. The van der Waals surface area contributed by atoms with Gasteiger partial charge in [0, 0.05) is 10.9 Å². The molecule has 0 aliphatic rings. The molecule has 0 aliphatic carbocycles. The quantitative estimate of drug-likeness (QED) is 0.824. The summed E-state index contributed by atoms with van der Waals surface area (Å²) >= 11 is 1.60. The number of thioether (sulfide) groups is 1. The van der Waals surface area contributed by atoms with Gasteiger partial charge in [-0.05, 0) is 38.8 Å². The van der Waals surface area contributed by atoms with Gasteiger partial charge in [-0.3, -0.25) is 4.79 Å². The van der Waals surface area contributed by atoms with Crippen LogP contribution in [0.5, 0.6) is 0 Å². The molecule has 0 heterocycles. The van der Waals surface area contributed by atoms with Crippen molar-refractivity contribution in [3.63, 3.8) is 0 Å². The van der Waals surface area contributed by atoms with E-state index in [4.69, 9.17) is 0 Å². The highest BCUT2D eigenvalue weighted by Crippen LogP contribution is 2.23. The minimum absolute atomic E-state index is 0.0612. The van der Waals surface area contributed by atoms with E-state index in [0.717, 1.165) is 4.90 Å². The Morgan fingerprint density at radius 3 is 2.17 bits per heavy atom. The van der Waals surface area contributed by atoms with E-state index in [-0.39, 0.29) is 17.2 Å². The Labute approximate surface area is 115 Å². The normalized spacial score (nSPS) is 14.3. The highest BCUT2D eigenvalue weighted by atomic mass is 32.2. The highest BCUT2D eigenvalue weighted by Gasteiger charge is 2.17. The molecule has 0 spiro atoms. The molecular weight excluding hydrogens is 242 g/mol. The molecule has 2 atom stereocenters. The van der Waals surface area contributed by atoms with Crippen LogP contribution in [-0.2, 0) is 4.79 Å². The summed E-state index contributed by atoms with van der Waals surface area (Å²) in [6.45, 7) is 10.3. The number of rotatable bonds is 5. The molecule has 0 fully saturated rings. The smallest absolute Gasteiger partial charge is 0.233 e. The molecule has 0 saturated heterocycles. The van der Waals surface area contributed by atoms with Crippen molar-refractivity contribution in [2.24, 2.45) is 5.92 Å². The van der Waals surface area contributed by atoms with Crippen LogP contribution in [0.15, 0.2) is 29.2 Å². The summed E-state index contributed by atoms with van der Waals surface area (Å²) in [5.41, 5.74) is 1.24. The molecule has 18 heavy (non-hydrogen) atoms. The van der Waals surface area contributed by atoms with Crippen molar-refractivity contribution in [2.45, 2.75) is 50.8 Å². The number of nitrogens with one attached hydrogen (secondary N) is 1. The molecule has 3 heteroatoms. The fourth-order valence-electron chi connectivity index (χ4n) is 1.38. The van der Waals surface area contributed by atoms with Gasteiger partial charge in [0.05, 0.1) is 5.25 Å². The minimum Gasteiger partial charge on any atom is -0.352 e. The lowest BCUT2D eigenvalue weighted by Gasteiger charge is -2.20. The van der Waals surface area contributed by atoms with Crippen molar-refractivity contribution < 1.29 is 4.79 Å². The second-order valence-electron chi connectivity index (χ2n) is 5.11. The van der Waals surface area contributed by atoms with Gasteiger partial charge in [-0.1, -0.05) is 31.5 Å². The first-order valence-electron chi connectivity index (χ1n) is 6.44. The molecule has 1 N–H and O–H groups in total. The molecule has 0 bridgehead atoms. The van der Waals surface area contributed by atoms with Crippen LogP contribution in [0.4, 0.5) is 0 Å². The highest BCUT2D eigenvalue weighted by molar-refractivity contribution is 8.00. The summed E-state index contributed by atoms with van der Waals surface area (Å²) in [6.07, 6.45) is 0. The summed E-state index contributed by atoms with van der Waals surface area (Å²) in [4.78, 5) is 13.1. The van der Waals surface area contributed by atoms with Crippen molar-refractivity contribution >= 4 is 17.7 Å². The predicted molar refractivity (Wildman–Crippen MR) is 78.9 cm³/mol. The van der Waals surface area contributed by atoms with Gasteiger partial charge in [0.15, 0.2) is 0 Å². The van der Waals surface area contributed by atoms with Crippen molar-refractivity contribution in [3.05, 3.63) is 29.8 Å². The minimum atomic E-state index is -0.0612. The van der Waals surface area contributed by atoms with Gasteiger partial charge in [-0.25, -0.2) is 0 Å². The molecule has 0 radical (unpaired) electrons. The number of carbonyl (C=O) groups excluding carboxylic acids is 1. The Kier molecular flexibility index (Phi) is 5.73. The summed E-state index contributed by atoms with van der Waals surface area (Å²) in [6, 6.07) is 8.50. The van der Waals surface area contributed by atoms with Crippen LogP contribution in [0.3, 0.4) is 0 Å². The van der Waals surface area contributed by atoms with E-state index >= 15 is 0 Å². The Morgan fingerprint density at radius 2 is 1.67 bits per heavy atom. The third-order valence-corrected chi connectivity index (χ3v) is 4.18. The number of carbonyl (C=O) groups is 1. The second-order valence-corrected chi connectivity index (χ2v) is 6.53. The molecule has 1 aromatic rings. The maximum absolute atomic E-state index is 12.0. The van der Waals surface area contributed by atoms with Gasteiger partial charge in [0.1, 0.15) is 0 Å². The zero-order valence-electron chi connectivity index (χ0n) is 11.9. The van der Waals surface area contributed by atoms with Gasteiger partial charge in [0.2, 0.25) is 5.91 Å². The zero-order valence-corrected chi connectivity index (χ0v) is 12.7. The molecule has 0 saturated carbocycles. The topological polar surface area (TPSA) is 29.1 Å². The van der Waals surface area contributed by atoms with Crippen LogP contribution in [0.1, 0.15) is 33.3 Å². The van der Waals surface area contributed by atoms with E-state index < -0.39 is 0 Å². The van der Waals surface area contributed by atoms with Crippen LogP contribution >= 0.6 is 11.8 Å². The van der Waals surface area contributed by atoms with Gasteiger partial charge < -0.3 is 5.32 Å². The Hall–Kier alpha value is -0.960. The number of amides is 1. The summed E-state index contributed by atoms with van der Waals surface area (Å²) in [5, 5.41) is 2.99. The molecule has 100 valence electrons. The van der Waals surface area contributed by atoms with Crippen LogP contribution in [0, 0.1) is 12.8 Å². The van der Waals surface area contributed by atoms with E-state index in [1.54, 1.807) is 11.8 Å². The maximum atomic E-state index is 12.0. The number of benzene rings is 1. The number of aryl methyl sites for hydroxylation is 1. The van der Waals surface area contributed by atoms with Crippen molar-refractivity contribution in [1.29, 1.82) is 0 Å². The lowest BCUT2D eigenvalue weighted by Crippen LogP contribution is -2.40. The van der Waals surface area contributed by atoms with Crippen molar-refractivity contribution in [1.82, 2.24) is 5.32 Å². The molecule has 0 aromatic heterocycles. The third kappa shape index (κ3) is 4.73. The summed E-state index contributed by atoms with van der Waals surface area (Å²) in [5.74, 6) is 0.576. The van der Waals surface area contributed by atoms with Crippen molar-refractivity contribution in [2.75, 3.05) is 0 Å². The predicted octanol–water partition coefficient (Wildman–Crippen LogP) is 3.64. The van der Waals surface area contributed by atoms with Crippen LogP contribution in [0.25, 0.3) is 0 Å². The molecule has 1 rings (SSSR count). The van der Waals surface area contributed by atoms with Gasteiger partial charge >= 0.3 is 0 Å². The third-order valence-electron chi connectivity index (χ3n) is 3.07. The van der Waals surface area contributed by atoms with Crippen LogP contribution in [0.2, 0.25) is 0 Å². The monoisotopic (exact) mass is 265 g/mol. The molecule has 2 nitrogen and oxygen atoms in total. The Morgan fingerprint density at radius 1 is 1.11 bits per heavy atom. The van der Waals surface area contributed by atoms with E-state index in [0.29, 0.717) is 5.92 Å². The van der Waals surface area contributed by atoms with Gasteiger partial charge in [-0.2, -0.15) is 0 Å². The fourth-order valence-corrected chi connectivity index (χ4v) is 2.26. The van der Waals surface area contributed by atoms with E-state index in [9.17, 15) is 4.79 Å². The Bertz CT molecular complexity index is 386. The molecular formula is C15H23NOS. The van der Waals surface area contributed by atoms with Crippen LogP contribution in [-0.4, -0.2) is 17.2 Å². The summed E-state index contributed by atoms with van der Waals surface area (Å²) < 4.78 is 0. The standard InChI is InChI=1S/C15H23NOS/c1-10(2)12(4)16-15(17)13(5)18-14-8-6-11(3)7-9-14/h6-10,12-13H,1-5H3,(H,16,17)/t12-,13-/m1/s1. The first-order valence-corrected chi connectivity index (χ1v) is 7.32. The summed E-state index contributed by atoms with van der Waals surface area (Å²) in [7, 11) is 0. The second kappa shape index (κ2) is 6.83. The average molecular weight is 265 g/mol. The first kappa shape index (κ1) is 15.1. The van der Waals surface area contributed by atoms with E-state index in [1.165, 1.54) is 5.56 Å². The lowest BCUT2D eigenvalue weighted by atomic mass is 10.1. The first-order chi connectivity index (χ1) is 8.40. The van der Waals surface area contributed by atoms with Gasteiger partial charge in [0.25, 0.3) is 0 Å². The number of hydrogen-bond donors (Lipinski definition) is 1. The number of hydrogen-bond acceptors (Lipinski definition) is 2. The lowest BCUT2D eigenvalue weighted by molar-refractivity contribution is -0.121. The Balaban J connectivity index is 2.52. The largest absolute Gasteiger partial charge is 0.352 e. The molecule has 0 aliphatic heterocycles. The fraction of sp³-hybridized carbons (Fsp3) is 0.533. The average Bonchev–Trinajstić information content (AvgIpc) is 2.31. The maximum Gasteiger partial charge on any atom is 0.233 e. The molecule has 1 aromatic carbocycles. The molecule has 1 amide bonds. The van der Waals surface area contributed by atoms with Crippen LogP contribution < -0.4 is 5.32 Å². The SMILES string of the molecule is Cc1ccc(S[C@H](C)C(=O)N[C@H](C)C(C)C)cc1. The van der Waals surface area contributed by atoms with E-state index in [2.05, 4.69) is 50.4 Å². The van der Waals surface area contributed by atoms with Crippen molar-refractivity contribution in [3.8, 4) is 0 Å².